The van der Waals surface area contributed by atoms with Gasteiger partial charge >= 0.3 is 6.03 Å². The van der Waals surface area contributed by atoms with Crippen LogP contribution in [-0.2, 0) is 16.4 Å². The van der Waals surface area contributed by atoms with Crippen LogP contribution in [0.1, 0.15) is 36.3 Å². The summed E-state index contributed by atoms with van der Waals surface area (Å²) in [6, 6.07) is -0.127. The van der Waals surface area contributed by atoms with Crippen LogP contribution in [0, 0.1) is 6.92 Å². The number of nitrogens with one attached hydrogen (secondary N) is 1. The predicted molar refractivity (Wildman–Crippen MR) is 100 cm³/mol. The summed E-state index contributed by atoms with van der Waals surface area (Å²) >= 11 is 1.61. The van der Waals surface area contributed by atoms with Gasteiger partial charge < -0.3 is 10.2 Å². The average Bonchev–Trinajstić information content (AvgIpc) is 2.97. The zero-order chi connectivity index (χ0) is 18.4. The molecule has 2 amide bonds. The molecule has 1 saturated heterocycles. The second kappa shape index (κ2) is 8.95. The first-order chi connectivity index (χ1) is 11.8. The average molecular weight is 389 g/mol. The number of sulfonamides is 1. The minimum absolute atomic E-state index is 0.00537. The summed E-state index contributed by atoms with van der Waals surface area (Å²) < 4.78 is 25.3. The zero-order valence-electron chi connectivity index (χ0n) is 15.2. The third-order valence-electron chi connectivity index (χ3n) is 4.62. The minimum atomic E-state index is -3.17. The molecule has 9 heteroatoms. The van der Waals surface area contributed by atoms with Crippen LogP contribution >= 0.6 is 11.3 Å². The molecule has 0 unspecified atom stereocenters. The van der Waals surface area contributed by atoms with E-state index >= 15 is 0 Å². The number of thiazole rings is 1. The molecule has 1 aliphatic rings. The van der Waals surface area contributed by atoms with E-state index in [1.165, 1.54) is 11.1 Å². The first-order valence-electron chi connectivity index (χ1n) is 8.63. The standard InChI is InChI=1S/C16H28N4O3S2/c1-13-15(24-12-18-13)8-11-19(2)16(21)17-9-7-14-6-4-5-10-20(14)25(3,22)23/h12,14H,4-11H2,1-3H3,(H,17,21)/t14-/m0/s1. The highest BCUT2D eigenvalue weighted by atomic mass is 32.2. The normalized spacial score (nSPS) is 18.9. The van der Waals surface area contributed by atoms with Crippen LogP contribution in [0.25, 0.3) is 0 Å². The van der Waals surface area contributed by atoms with Crippen molar-refractivity contribution in [3.63, 3.8) is 0 Å². The Morgan fingerprint density at radius 3 is 2.88 bits per heavy atom. The van der Waals surface area contributed by atoms with Crippen LogP contribution in [0.15, 0.2) is 5.51 Å². The third-order valence-corrected chi connectivity index (χ3v) is 6.95. The summed E-state index contributed by atoms with van der Waals surface area (Å²) in [6.07, 6.45) is 5.53. The van der Waals surface area contributed by atoms with E-state index in [1.807, 2.05) is 12.4 Å². The molecule has 0 saturated carbocycles. The lowest BCUT2D eigenvalue weighted by Gasteiger charge is -2.33. The fraction of sp³-hybridized carbons (Fsp3) is 0.750. The Morgan fingerprint density at radius 1 is 1.48 bits per heavy atom. The molecule has 1 aromatic heterocycles. The quantitative estimate of drug-likeness (QED) is 0.773. The minimum Gasteiger partial charge on any atom is -0.338 e. The first kappa shape index (κ1) is 20.1. The van der Waals surface area contributed by atoms with Gasteiger partial charge in [-0.25, -0.2) is 18.2 Å². The van der Waals surface area contributed by atoms with E-state index in [-0.39, 0.29) is 12.1 Å². The fourth-order valence-corrected chi connectivity index (χ4v) is 5.10. The molecule has 1 aromatic rings. The molecule has 1 fully saturated rings. The van der Waals surface area contributed by atoms with Crippen molar-refractivity contribution in [3.05, 3.63) is 16.1 Å². The number of carbonyl (C=O) groups is 1. The molecule has 0 radical (unpaired) electrons. The Labute approximate surface area is 154 Å². The maximum Gasteiger partial charge on any atom is 0.317 e. The summed E-state index contributed by atoms with van der Waals surface area (Å²) in [4.78, 5) is 19.3. The SMILES string of the molecule is Cc1ncsc1CCN(C)C(=O)NCC[C@@H]1CCCCN1S(C)(=O)=O. The predicted octanol–water partition coefficient (Wildman–Crippen LogP) is 1.84. The van der Waals surface area contributed by atoms with Gasteiger partial charge in [0.05, 0.1) is 17.5 Å². The van der Waals surface area contributed by atoms with Crippen LogP contribution in [0.3, 0.4) is 0 Å². The lowest BCUT2D eigenvalue weighted by molar-refractivity contribution is 0.205. The molecule has 1 aliphatic heterocycles. The molecule has 0 spiro atoms. The lowest BCUT2D eigenvalue weighted by atomic mass is 10.0. The van der Waals surface area contributed by atoms with Crippen LogP contribution in [0.2, 0.25) is 0 Å². The zero-order valence-corrected chi connectivity index (χ0v) is 16.8. The molecule has 0 aromatic carbocycles. The van der Waals surface area contributed by atoms with Crippen molar-refractivity contribution in [3.8, 4) is 0 Å². The molecule has 0 bridgehead atoms. The second-order valence-corrected chi connectivity index (χ2v) is 9.45. The molecule has 142 valence electrons. The maximum atomic E-state index is 12.2. The van der Waals surface area contributed by atoms with Gasteiger partial charge in [-0.3, -0.25) is 0 Å². The molecule has 2 heterocycles. The number of amides is 2. The summed E-state index contributed by atoms with van der Waals surface area (Å²) in [5.41, 5.74) is 2.85. The number of aryl methyl sites for hydroxylation is 1. The molecule has 7 nitrogen and oxygen atoms in total. The van der Waals surface area contributed by atoms with E-state index in [1.54, 1.807) is 27.6 Å². The van der Waals surface area contributed by atoms with Gasteiger partial charge in [-0.1, -0.05) is 6.42 Å². The van der Waals surface area contributed by atoms with Gasteiger partial charge in [0.15, 0.2) is 0 Å². The second-order valence-electron chi connectivity index (χ2n) is 6.58. The van der Waals surface area contributed by atoms with Crippen molar-refractivity contribution in [2.24, 2.45) is 0 Å². The number of carbonyl (C=O) groups excluding carboxylic acids is 1. The Balaban J connectivity index is 1.74. The van der Waals surface area contributed by atoms with Gasteiger partial charge in [0.25, 0.3) is 0 Å². The molecule has 1 N–H and O–H groups in total. The van der Waals surface area contributed by atoms with Gasteiger partial charge in [0, 0.05) is 44.0 Å². The first-order valence-corrected chi connectivity index (χ1v) is 11.4. The van der Waals surface area contributed by atoms with Crippen molar-refractivity contribution in [2.45, 2.75) is 45.1 Å². The van der Waals surface area contributed by atoms with E-state index in [0.29, 0.717) is 26.1 Å². The molecular formula is C16H28N4O3S2. The number of nitrogens with zero attached hydrogens (tertiary/aromatic N) is 3. The summed E-state index contributed by atoms with van der Waals surface area (Å²) in [7, 11) is -1.40. The van der Waals surface area contributed by atoms with Crippen LogP contribution in [-0.4, -0.2) is 67.6 Å². The number of hydrogen-bond acceptors (Lipinski definition) is 5. The van der Waals surface area contributed by atoms with E-state index in [0.717, 1.165) is 31.4 Å². The van der Waals surface area contributed by atoms with Crippen LogP contribution in [0.4, 0.5) is 4.79 Å². The Kier molecular flexibility index (Phi) is 7.21. The largest absolute Gasteiger partial charge is 0.338 e. The van der Waals surface area contributed by atoms with E-state index in [4.69, 9.17) is 0 Å². The number of hydrogen-bond donors (Lipinski definition) is 1. The molecular weight excluding hydrogens is 360 g/mol. The van der Waals surface area contributed by atoms with E-state index in [2.05, 4.69) is 10.3 Å². The highest BCUT2D eigenvalue weighted by molar-refractivity contribution is 7.88. The number of piperidine rings is 1. The summed E-state index contributed by atoms with van der Waals surface area (Å²) in [5.74, 6) is 0. The van der Waals surface area contributed by atoms with Gasteiger partial charge in [-0.2, -0.15) is 4.31 Å². The molecule has 25 heavy (non-hydrogen) atoms. The Morgan fingerprint density at radius 2 is 2.24 bits per heavy atom. The Hall–Kier alpha value is -1.19. The van der Waals surface area contributed by atoms with Crippen molar-refractivity contribution < 1.29 is 13.2 Å². The smallest absolute Gasteiger partial charge is 0.317 e. The van der Waals surface area contributed by atoms with E-state index < -0.39 is 10.0 Å². The highest BCUT2D eigenvalue weighted by Gasteiger charge is 2.28. The molecule has 0 aliphatic carbocycles. The molecule has 1 atom stereocenters. The number of likely N-dealkylation sites (N-methyl/N-ethyl adjacent to an activating group) is 1. The Bertz CT molecular complexity index is 675. The lowest BCUT2D eigenvalue weighted by Crippen LogP contribution is -2.45. The van der Waals surface area contributed by atoms with Crippen molar-refractivity contribution in [1.82, 2.24) is 19.5 Å². The van der Waals surface area contributed by atoms with E-state index in [9.17, 15) is 13.2 Å². The van der Waals surface area contributed by atoms with Gasteiger partial charge in [-0.05, 0) is 26.2 Å². The maximum absolute atomic E-state index is 12.2. The van der Waals surface area contributed by atoms with Gasteiger partial charge in [0.2, 0.25) is 10.0 Å². The summed E-state index contributed by atoms with van der Waals surface area (Å²) in [5, 5.41) is 2.90. The fourth-order valence-electron chi connectivity index (χ4n) is 3.12. The number of urea groups is 1. The topological polar surface area (TPSA) is 82.6 Å². The number of aromatic nitrogens is 1. The summed E-state index contributed by atoms with van der Waals surface area (Å²) in [6.45, 7) is 3.68. The van der Waals surface area contributed by atoms with Gasteiger partial charge in [0.1, 0.15) is 0 Å². The number of rotatable bonds is 7. The van der Waals surface area contributed by atoms with Gasteiger partial charge in [-0.15, -0.1) is 11.3 Å². The third kappa shape index (κ3) is 5.93. The van der Waals surface area contributed by atoms with Crippen molar-refractivity contribution >= 4 is 27.4 Å². The highest BCUT2D eigenvalue weighted by Crippen LogP contribution is 2.21. The van der Waals surface area contributed by atoms with Crippen molar-refractivity contribution in [2.75, 3.05) is 32.9 Å². The van der Waals surface area contributed by atoms with Crippen LogP contribution < -0.4 is 5.32 Å². The van der Waals surface area contributed by atoms with Crippen molar-refractivity contribution in [1.29, 1.82) is 0 Å². The van der Waals surface area contributed by atoms with Crippen LogP contribution in [0.5, 0.6) is 0 Å². The monoisotopic (exact) mass is 388 g/mol. The molecule has 2 rings (SSSR count).